The molecule has 1 amide bonds. The summed E-state index contributed by atoms with van der Waals surface area (Å²) in [5.74, 6) is 0.0323. The van der Waals surface area contributed by atoms with Gasteiger partial charge < -0.3 is 10.1 Å². The number of ether oxygens (including phenoxy) is 1. The molecule has 1 N–H and O–H groups in total. The number of methoxy groups -OCH3 is 1. The number of aromatic nitrogens is 3. The molecule has 7 nitrogen and oxygen atoms in total. The van der Waals surface area contributed by atoms with E-state index in [1.165, 1.54) is 0 Å². The number of carbonyl (C=O) groups excluding carboxylic acids is 1. The first-order valence-electron chi connectivity index (χ1n) is 8.07. The Morgan fingerprint density at radius 3 is 3.17 bits per heavy atom. The summed E-state index contributed by atoms with van der Waals surface area (Å²) in [4.78, 5) is 19.0. The topological polar surface area (TPSA) is 72.3 Å². The highest BCUT2D eigenvalue weighted by molar-refractivity contribution is 7.09. The fourth-order valence-electron chi connectivity index (χ4n) is 3.02. The van der Waals surface area contributed by atoms with Crippen LogP contribution in [0.4, 0.5) is 0 Å². The molecule has 2 aromatic rings. The molecule has 1 aliphatic heterocycles. The zero-order valence-corrected chi connectivity index (χ0v) is 14.9. The van der Waals surface area contributed by atoms with Crippen LogP contribution in [0.25, 0.3) is 0 Å². The molecule has 1 aliphatic rings. The van der Waals surface area contributed by atoms with Gasteiger partial charge in [-0.1, -0.05) is 0 Å². The first-order valence-corrected chi connectivity index (χ1v) is 8.95. The molecule has 0 saturated heterocycles. The van der Waals surface area contributed by atoms with E-state index in [1.807, 2.05) is 23.9 Å². The van der Waals surface area contributed by atoms with Crippen LogP contribution in [0, 0.1) is 6.92 Å². The quantitative estimate of drug-likeness (QED) is 0.764. The third kappa shape index (κ3) is 4.19. The van der Waals surface area contributed by atoms with Gasteiger partial charge in [0, 0.05) is 44.9 Å². The van der Waals surface area contributed by atoms with Crippen molar-refractivity contribution in [1.29, 1.82) is 0 Å². The number of amides is 1. The number of thiazole rings is 1. The highest BCUT2D eigenvalue weighted by Gasteiger charge is 2.27. The van der Waals surface area contributed by atoms with E-state index in [-0.39, 0.29) is 11.9 Å². The lowest BCUT2D eigenvalue weighted by atomic mass is 10.1. The minimum Gasteiger partial charge on any atom is -0.383 e. The van der Waals surface area contributed by atoms with E-state index < -0.39 is 0 Å². The van der Waals surface area contributed by atoms with Gasteiger partial charge in [-0.3, -0.25) is 14.4 Å². The highest BCUT2D eigenvalue weighted by atomic mass is 32.1. The predicted molar refractivity (Wildman–Crippen MR) is 91.7 cm³/mol. The largest absolute Gasteiger partial charge is 0.383 e. The van der Waals surface area contributed by atoms with Gasteiger partial charge in [-0.05, 0) is 13.0 Å². The normalized spacial score (nSPS) is 17.7. The smallest absolute Gasteiger partial charge is 0.222 e. The number of hydrogen-bond donors (Lipinski definition) is 1. The van der Waals surface area contributed by atoms with Crippen molar-refractivity contribution in [3.8, 4) is 0 Å². The molecule has 0 radical (unpaired) electrons. The van der Waals surface area contributed by atoms with Gasteiger partial charge in [0.1, 0.15) is 0 Å². The van der Waals surface area contributed by atoms with Crippen molar-refractivity contribution in [2.75, 3.05) is 26.8 Å². The lowest BCUT2D eigenvalue weighted by Gasteiger charge is -2.33. The second kappa shape index (κ2) is 7.87. The second-order valence-electron chi connectivity index (χ2n) is 6.00. The zero-order valence-electron chi connectivity index (χ0n) is 14.1. The molecule has 3 heterocycles. The Kier molecular flexibility index (Phi) is 5.60. The van der Waals surface area contributed by atoms with Gasteiger partial charge in [-0.15, -0.1) is 11.3 Å². The minimum absolute atomic E-state index is 0.0323. The first-order chi connectivity index (χ1) is 11.7. The van der Waals surface area contributed by atoms with Gasteiger partial charge >= 0.3 is 0 Å². The summed E-state index contributed by atoms with van der Waals surface area (Å²) in [6.07, 6.45) is 2.23. The average molecular weight is 349 g/mol. The minimum atomic E-state index is 0.0323. The van der Waals surface area contributed by atoms with Crippen LogP contribution in [0.3, 0.4) is 0 Å². The van der Waals surface area contributed by atoms with Crippen molar-refractivity contribution in [2.45, 2.75) is 32.5 Å². The SMILES string of the molecule is COCCNC(=O)C[C@H]1CN(Cc2csc(C)n2)Cc2ccnn21. The number of rotatable bonds is 7. The van der Waals surface area contributed by atoms with E-state index in [9.17, 15) is 4.79 Å². The van der Waals surface area contributed by atoms with Crippen LogP contribution in [0.15, 0.2) is 17.6 Å². The molecule has 0 aliphatic carbocycles. The van der Waals surface area contributed by atoms with Gasteiger partial charge in [0.25, 0.3) is 0 Å². The van der Waals surface area contributed by atoms with Gasteiger partial charge in [0.15, 0.2) is 0 Å². The molecule has 2 aromatic heterocycles. The molecule has 130 valence electrons. The number of fused-ring (bicyclic) bond motifs is 1. The Balaban J connectivity index is 1.64. The maximum atomic E-state index is 12.1. The van der Waals surface area contributed by atoms with Crippen molar-refractivity contribution >= 4 is 17.2 Å². The van der Waals surface area contributed by atoms with Crippen molar-refractivity contribution < 1.29 is 9.53 Å². The number of nitrogens with zero attached hydrogens (tertiary/aromatic N) is 4. The van der Waals surface area contributed by atoms with Crippen LogP contribution >= 0.6 is 11.3 Å². The number of aryl methyl sites for hydroxylation is 1. The molecular weight excluding hydrogens is 326 g/mol. The Bertz CT molecular complexity index is 684. The summed E-state index contributed by atoms with van der Waals surface area (Å²) in [5, 5.41) is 10.5. The number of hydrogen-bond acceptors (Lipinski definition) is 6. The predicted octanol–water partition coefficient (Wildman–Crippen LogP) is 1.36. The lowest BCUT2D eigenvalue weighted by Crippen LogP contribution is -2.40. The van der Waals surface area contributed by atoms with Gasteiger partial charge in [-0.25, -0.2) is 4.98 Å². The number of carbonyl (C=O) groups is 1. The maximum absolute atomic E-state index is 12.1. The molecular formula is C16H23N5O2S. The third-order valence-corrected chi connectivity index (χ3v) is 4.88. The molecule has 0 unspecified atom stereocenters. The lowest BCUT2D eigenvalue weighted by molar-refractivity contribution is -0.122. The number of nitrogens with one attached hydrogen (secondary N) is 1. The summed E-state index contributed by atoms with van der Waals surface area (Å²) in [7, 11) is 1.63. The van der Waals surface area contributed by atoms with Crippen LogP contribution in [-0.2, 0) is 22.6 Å². The molecule has 8 heteroatoms. The van der Waals surface area contributed by atoms with Crippen LogP contribution in [0.1, 0.15) is 28.9 Å². The average Bonchev–Trinajstić information content (AvgIpc) is 3.16. The summed E-state index contributed by atoms with van der Waals surface area (Å²) >= 11 is 1.67. The van der Waals surface area contributed by atoms with Crippen LogP contribution in [-0.4, -0.2) is 52.4 Å². The van der Waals surface area contributed by atoms with Crippen molar-refractivity contribution in [3.05, 3.63) is 34.0 Å². The monoisotopic (exact) mass is 349 g/mol. The summed E-state index contributed by atoms with van der Waals surface area (Å²) in [6, 6.07) is 2.07. The van der Waals surface area contributed by atoms with E-state index in [0.717, 1.165) is 36.0 Å². The van der Waals surface area contributed by atoms with Crippen LogP contribution in [0.2, 0.25) is 0 Å². The molecule has 0 fully saturated rings. The standard InChI is InChI=1S/C16H23N5O2S/c1-12-19-13(11-24-12)8-20-9-14-3-4-18-21(14)15(10-20)7-16(22)17-5-6-23-2/h3-4,11,15H,5-10H2,1-2H3,(H,17,22)/t15-/m0/s1. The molecule has 3 rings (SSSR count). The van der Waals surface area contributed by atoms with E-state index in [1.54, 1.807) is 18.4 Å². The zero-order chi connectivity index (χ0) is 16.9. The van der Waals surface area contributed by atoms with Crippen molar-refractivity contribution in [2.24, 2.45) is 0 Å². The van der Waals surface area contributed by atoms with E-state index in [2.05, 4.69) is 25.7 Å². The highest BCUT2D eigenvalue weighted by Crippen LogP contribution is 2.24. The molecule has 24 heavy (non-hydrogen) atoms. The fourth-order valence-corrected chi connectivity index (χ4v) is 3.63. The molecule has 0 spiro atoms. The van der Waals surface area contributed by atoms with Gasteiger partial charge in [0.05, 0.1) is 35.5 Å². The maximum Gasteiger partial charge on any atom is 0.222 e. The second-order valence-corrected chi connectivity index (χ2v) is 7.06. The summed E-state index contributed by atoms with van der Waals surface area (Å²) < 4.78 is 6.95. The third-order valence-electron chi connectivity index (χ3n) is 4.05. The first kappa shape index (κ1) is 17.1. The molecule has 0 bridgehead atoms. The Morgan fingerprint density at radius 1 is 1.54 bits per heavy atom. The van der Waals surface area contributed by atoms with E-state index >= 15 is 0 Å². The summed E-state index contributed by atoms with van der Waals surface area (Å²) in [5.41, 5.74) is 2.23. The van der Waals surface area contributed by atoms with Gasteiger partial charge in [-0.2, -0.15) is 5.10 Å². The van der Waals surface area contributed by atoms with E-state index in [0.29, 0.717) is 19.6 Å². The van der Waals surface area contributed by atoms with E-state index in [4.69, 9.17) is 4.74 Å². The molecule has 1 atom stereocenters. The van der Waals surface area contributed by atoms with Gasteiger partial charge in [0.2, 0.25) is 5.91 Å². The Morgan fingerprint density at radius 2 is 2.42 bits per heavy atom. The van der Waals surface area contributed by atoms with Crippen molar-refractivity contribution in [3.63, 3.8) is 0 Å². The van der Waals surface area contributed by atoms with Crippen LogP contribution < -0.4 is 5.32 Å². The van der Waals surface area contributed by atoms with Crippen molar-refractivity contribution in [1.82, 2.24) is 25.0 Å². The Labute approximate surface area is 145 Å². The Hall–Kier alpha value is -1.77. The van der Waals surface area contributed by atoms with Crippen LogP contribution in [0.5, 0.6) is 0 Å². The molecule has 0 saturated carbocycles. The fraction of sp³-hybridized carbons (Fsp3) is 0.562. The summed E-state index contributed by atoms with van der Waals surface area (Å²) in [6.45, 7) is 5.51. The molecule has 0 aromatic carbocycles.